The molecular formula is C26H23F3N2O3S. The largest absolute Gasteiger partial charge is 0.416 e. The Balaban J connectivity index is 1.47. The highest BCUT2D eigenvalue weighted by Crippen LogP contribution is 2.32. The zero-order valence-electron chi connectivity index (χ0n) is 18.8. The maximum atomic E-state index is 13.3. The van der Waals surface area contributed by atoms with Crippen LogP contribution in [0.4, 0.5) is 13.2 Å². The second kappa shape index (κ2) is 9.58. The lowest BCUT2D eigenvalue weighted by atomic mass is 10.1. The van der Waals surface area contributed by atoms with E-state index in [9.17, 15) is 26.4 Å². The molecule has 0 bridgehead atoms. The summed E-state index contributed by atoms with van der Waals surface area (Å²) in [6, 6.07) is 18.6. The fourth-order valence-electron chi connectivity index (χ4n) is 3.86. The Morgan fingerprint density at radius 1 is 0.971 bits per heavy atom. The minimum atomic E-state index is -4.44. The molecule has 9 heteroatoms. The molecule has 0 saturated heterocycles. The lowest BCUT2D eigenvalue weighted by Crippen LogP contribution is -2.22. The number of hydrogen-bond acceptors (Lipinski definition) is 3. The summed E-state index contributed by atoms with van der Waals surface area (Å²) in [6.07, 6.45) is -2.74. The number of carbonyl (C=O) groups excluding carboxylic acids is 1. The normalized spacial score (nSPS) is 12.1. The molecule has 3 aromatic carbocycles. The molecule has 182 valence electrons. The lowest BCUT2D eigenvalue weighted by molar-refractivity contribution is -0.138. The van der Waals surface area contributed by atoms with E-state index in [-0.39, 0.29) is 35.2 Å². The number of halogens is 3. The van der Waals surface area contributed by atoms with Gasteiger partial charge in [-0.2, -0.15) is 13.2 Å². The summed E-state index contributed by atoms with van der Waals surface area (Å²) in [4.78, 5) is 12.9. The van der Waals surface area contributed by atoms with Crippen LogP contribution in [0.15, 0.2) is 83.9 Å². The second-order valence-corrected chi connectivity index (χ2v) is 10.4. The van der Waals surface area contributed by atoms with Gasteiger partial charge >= 0.3 is 6.18 Å². The van der Waals surface area contributed by atoms with Gasteiger partial charge in [0.1, 0.15) is 0 Å². The van der Waals surface area contributed by atoms with Crippen molar-refractivity contribution in [3.63, 3.8) is 0 Å². The van der Waals surface area contributed by atoms with Crippen LogP contribution < -0.4 is 5.32 Å². The predicted molar refractivity (Wildman–Crippen MR) is 128 cm³/mol. The molecule has 0 spiro atoms. The summed E-state index contributed by atoms with van der Waals surface area (Å²) in [5, 5.41) is 3.54. The van der Waals surface area contributed by atoms with Gasteiger partial charge in [0.2, 0.25) is 0 Å². The highest BCUT2D eigenvalue weighted by atomic mass is 32.2. The number of sulfone groups is 1. The molecule has 0 unspecified atom stereocenters. The Kier molecular flexibility index (Phi) is 6.71. The van der Waals surface area contributed by atoms with Crippen molar-refractivity contribution in [1.82, 2.24) is 9.88 Å². The van der Waals surface area contributed by atoms with Crippen LogP contribution in [-0.4, -0.2) is 24.6 Å². The fraction of sp³-hybridized carbons (Fsp3) is 0.192. The van der Waals surface area contributed by atoms with Gasteiger partial charge in [-0.25, -0.2) is 8.42 Å². The summed E-state index contributed by atoms with van der Waals surface area (Å²) in [5.74, 6) is -0.297. The van der Waals surface area contributed by atoms with Crippen LogP contribution in [0.3, 0.4) is 0 Å². The Morgan fingerprint density at radius 2 is 1.69 bits per heavy atom. The second-order valence-electron chi connectivity index (χ2n) is 8.10. The van der Waals surface area contributed by atoms with Gasteiger partial charge in [0.25, 0.3) is 5.91 Å². The summed E-state index contributed by atoms with van der Waals surface area (Å²) >= 11 is 0. The first-order valence-electron chi connectivity index (χ1n) is 10.9. The first kappa shape index (κ1) is 24.5. The molecule has 1 heterocycles. The number of hydrogen-bond donors (Lipinski definition) is 1. The van der Waals surface area contributed by atoms with Crippen LogP contribution in [0.5, 0.6) is 0 Å². The highest BCUT2D eigenvalue weighted by molar-refractivity contribution is 7.91. The third-order valence-electron chi connectivity index (χ3n) is 5.81. The molecule has 0 saturated carbocycles. The molecule has 1 aromatic heterocycles. The Bertz CT molecular complexity index is 1470. The van der Waals surface area contributed by atoms with E-state index < -0.39 is 21.6 Å². The molecule has 0 aliphatic heterocycles. The van der Waals surface area contributed by atoms with Crippen molar-refractivity contribution >= 4 is 26.6 Å². The van der Waals surface area contributed by atoms with Crippen molar-refractivity contribution in [1.29, 1.82) is 0 Å². The molecule has 0 aliphatic rings. The van der Waals surface area contributed by atoms with Crippen molar-refractivity contribution in [3.05, 3.63) is 101 Å². The molecule has 4 rings (SSSR count). The molecular weight excluding hydrogens is 477 g/mol. The molecule has 5 nitrogen and oxygen atoms in total. The van der Waals surface area contributed by atoms with Crippen LogP contribution in [0.25, 0.3) is 10.9 Å². The average Bonchev–Trinajstić information content (AvgIpc) is 3.24. The lowest BCUT2D eigenvalue weighted by Gasteiger charge is -2.14. The van der Waals surface area contributed by atoms with Gasteiger partial charge in [0.15, 0.2) is 9.84 Å². The SMILES string of the molecule is CCS(=O)(=O)c1ccc(CNC(=O)c2ccc3c(ccn3Cc3ccccc3C(F)(F)F)c2)cc1. The number of benzene rings is 3. The monoisotopic (exact) mass is 500 g/mol. The van der Waals surface area contributed by atoms with Crippen LogP contribution in [0, 0.1) is 0 Å². The van der Waals surface area contributed by atoms with E-state index in [1.54, 1.807) is 60.2 Å². The third kappa shape index (κ3) is 5.40. The van der Waals surface area contributed by atoms with Crippen LogP contribution in [-0.2, 0) is 29.1 Å². The minimum Gasteiger partial charge on any atom is -0.348 e. The number of fused-ring (bicyclic) bond motifs is 1. The van der Waals surface area contributed by atoms with E-state index in [0.717, 1.165) is 17.0 Å². The van der Waals surface area contributed by atoms with E-state index in [1.807, 2.05) is 0 Å². The van der Waals surface area contributed by atoms with Crippen LogP contribution in [0.1, 0.15) is 34.0 Å². The average molecular weight is 501 g/mol. The van der Waals surface area contributed by atoms with Crippen LogP contribution >= 0.6 is 0 Å². The van der Waals surface area contributed by atoms with Crippen molar-refractivity contribution in [2.75, 3.05) is 5.75 Å². The summed E-state index contributed by atoms with van der Waals surface area (Å²) < 4.78 is 65.6. The zero-order valence-corrected chi connectivity index (χ0v) is 19.7. The number of nitrogens with zero attached hydrogens (tertiary/aromatic N) is 1. The van der Waals surface area contributed by atoms with Gasteiger partial charge < -0.3 is 9.88 Å². The smallest absolute Gasteiger partial charge is 0.348 e. The predicted octanol–water partition coefficient (Wildman–Crippen LogP) is 5.43. The topological polar surface area (TPSA) is 68.2 Å². The van der Waals surface area contributed by atoms with Gasteiger partial charge in [-0.15, -0.1) is 0 Å². The number of aromatic nitrogens is 1. The number of nitrogens with one attached hydrogen (secondary N) is 1. The first-order valence-corrected chi connectivity index (χ1v) is 12.6. The van der Waals surface area contributed by atoms with Gasteiger partial charge in [0, 0.05) is 35.8 Å². The summed E-state index contributed by atoms with van der Waals surface area (Å²) in [5.41, 5.74) is 1.38. The summed E-state index contributed by atoms with van der Waals surface area (Å²) in [6.45, 7) is 1.85. The number of rotatable bonds is 7. The maximum absolute atomic E-state index is 13.3. The maximum Gasteiger partial charge on any atom is 0.416 e. The first-order chi connectivity index (χ1) is 16.6. The van der Waals surface area contributed by atoms with Crippen molar-refractivity contribution in [3.8, 4) is 0 Å². The molecule has 1 amide bonds. The van der Waals surface area contributed by atoms with Crippen LogP contribution in [0.2, 0.25) is 0 Å². The van der Waals surface area contributed by atoms with E-state index in [0.29, 0.717) is 11.1 Å². The molecule has 0 atom stereocenters. The van der Waals surface area contributed by atoms with E-state index in [4.69, 9.17) is 0 Å². The third-order valence-corrected chi connectivity index (χ3v) is 7.56. The minimum absolute atomic E-state index is 0.0160. The van der Waals surface area contributed by atoms with Gasteiger partial charge in [0.05, 0.1) is 16.2 Å². The highest BCUT2D eigenvalue weighted by Gasteiger charge is 2.32. The van der Waals surface area contributed by atoms with E-state index in [2.05, 4.69) is 5.32 Å². The Labute approximate surface area is 201 Å². The molecule has 0 fully saturated rings. The quantitative estimate of drug-likeness (QED) is 0.368. The van der Waals surface area contributed by atoms with Gasteiger partial charge in [-0.1, -0.05) is 37.3 Å². The fourth-order valence-corrected chi connectivity index (χ4v) is 4.75. The molecule has 1 N–H and O–H groups in total. The van der Waals surface area contributed by atoms with E-state index >= 15 is 0 Å². The number of carbonyl (C=O) groups is 1. The molecule has 4 aromatic rings. The molecule has 0 radical (unpaired) electrons. The Hall–Kier alpha value is -3.59. The number of amides is 1. The van der Waals surface area contributed by atoms with Crippen molar-refractivity contribution < 1.29 is 26.4 Å². The van der Waals surface area contributed by atoms with Gasteiger partial charge in [-0.3, -0.25) is 4.79 Å². The zero-order chi connectivity index (χ0) is 25.2. The van der Waals surface area contributed by atoms with Crippen molar-refractivity contribution in [2.24, 2.45) is 0 Å². The van der Waals surface area contributed by atoms with E-state index in [1.165, 1.54) is 24.3 Å². The molecule has 0 aliphatic carbocycles. The number of alkyl halides is 3. The standard InChI is InChI=1S/C26H23F3N2O3S/c1-2-35(33,34)22-10-7-18(8-11-22)16-30-25(32)20-9-12-24-19(15-20)13-14-31(24)17-21-5-3-4-6-23(21)26(27,28)29/h3-15H,2,16-17H2,1H3,(H,30,32). The van der Waals surface area contributed by atoms with Gasteiger partial charge in [-0.05, 0) is 53.6 Å². The molecule has 35 heavy (non-hydrogen) atoms. The Morgan fingerprint density at radius 3 is 2.37 bits per heavy atom. The summed E-state index contributed by atoms with van der Waals surface area (Å²) in [7, 11) is -3.28. The van der Waals surface area contributed by atoms with Crippen molar-refractivity contribution in [2.45, 2.75) is 31.1 Å².